The SMILES string of the molecule is COc1nccnc1N1C[C@H]2COC[C@@H]1CN(C(=O)c1ccco1)C2. The number of aromatic nitrogens is 2. The van der Waals surface area contributed by atoms with Crippen LogP contribution in [-0.4, -0.2) is 66.8 Å². The quantitative estimate of drug-likeness (QED) is 0.823. The van der Waals surface area contributed by atoms with Crippen molar-refractivity contribution >= 4 is 11.7 Å². The summed E-state index contributed by atoms with van der Waals surface area (Å²) in [5.74, 6) is 1.63. The summed E-state index contributed by atoms with van der Waals surface area (Å²) >= 11 is 0. The molecule has 2 aromatic heterocycles. The van der Waals surface area contributed by atoms with E-state index < -0.39 is 0 Å². The molecule has 2 fully saturated rings. The molecule has 4 heterocycles. The number of anilines is 1. The van der Waals surface area contributed by atoms with E-state index in [1.54, 1.807) is 31.6 Å². The Kier molecular flexibility index (Phi) is 4.27. The van der Waals surface area contributed by atoms with Gasteiger partial charge >= 0.3 is 0 Å². The van der Waals surface area contributed by atoms with E-state index in [1.807, 2.05) is 4.90 Å². The second-order valence-corrected chi connectivity index (χ2v) is 6.29. The molecule has 0 saturated carbocycles. The lowest BCUT2D eigenvalue weighted by Crippen LogP contribution is -2.46. The molecule has 2 aromatic rings. The number of hydrogen-bond acceptors (Lipinski definition) is 7. The van der Waals surface area contributed by atoms with Gasteiger partial charge in [0, 0.05) is 37.9 Å². The van der Waals surface area contributed by atoms with Gasteiger partial charge in [-0.15, -0.1) is 0 Å². The lowest BCUT2D eigenvalue weighted by atomic mass is 10.1. The van der Waals surface area contributed by atoms with Crippen molar-refractivity contribution in [2.75, 3.05) is 44.9 Å². The summed E-state index contributed by atoms with van der Waals surface area (Å²) in [7, 11) is 1.58. The molecule has 4 rings (SSSR count). The number of ether oxygens (including phenoxy) is 2. The summed E-state index contributed by atoms with van der Waals surface area (Å²) in [4.78, 5) is 25.4. The summed E-state index contributed by atoms with van der Waals surface area (Å²) in [6.07, 6.45) is 4.78. The number of rotatable bonds is 3. The summed E-state index contributed by atoms with van der Waals surface area (Å²) in [5.41, 5.74) is 0. The maximum atomic E-state index is 12.7. The van der Waals surface area contributed by atoms with Crippen LogP contribution in [0.2, 0.25) is 0 Å². The van der Waals surface area contributed by atoms with Gasteiger partial charge in [0.15, 0.2) is 11.6 Å². The third kappa shape index (κ3) is 3.05. The Morgan fingerprint density at radius 2 is 2.12 bits per heavy atom. The van der Waals surface area contributed by atoms with Crippen LogP contribution in [0.1, 0.15) is 10.6 Å². The van der Waals surface area contributed by atoms with E-state index in [9.17, 15) is 4.79 Å². The van der Waals surface area contributed by atoms with Crippen molar-refractivity contribution in [3.8, 4) is 5.88 Å². The Hall–Kier alpha value is -2.61. The zero-order chi connectivity index (χ0) is 17.2. The van der Waals surface area contributed by atoms with Gasteiger partial charge in [0.25, 0.3) is 11.8 Å². The molecule has 0 spiro atoms. The first-order valence-corrected chi connectivity index (χ1v) is 8.28. The topological polar surface area (TPSA) is 80.9 Å². The number of amides is 1. The summed E-state index contributed by atoms with van der Waals surface area (Å²) < 4.78 is 16.5. The standard InChI is InChI=1S/C17H20N4O4/c1-23-16-15(18-4-5-19-16)21-8-12-7-20(9-13(21)11-24-10-12)17(22)14-3-2-6-25-14/h2-6,12-13H,7-11H2,1H3/t12-,13-/m0/s1. The molecule has 2 aliphatic rings. The Balaban J connectivity index is 1.63. The van der Waals surface area contributed by atoms with Crippen molar-refractivity contribution in [3.63, 3.8) is 0 Å². The molecule has 0 unspecified atom stereocenters. The van der Waals surface area contributed by atoms with Gasteiger partial charge in [-0.1, -0.05) is 0 Å². The molecule has 2 atom stereocenters. The van der Waals surface area contributed by atoms with E-state index in [2.05, 4.69) is 14.9 Å². The molecule has 0 aromatic carbocycles. The van der Waals surface area contributed by atoms with Crippen LogP contribution in [0.4, 0.5) is 5.82 Å². The van der Waals surface area contributed by atoms with Crippen LogP contribution in [0.15, 0.2) is 35.2 Å². The van der Waals surface area contributed by atoms with Crippen LogP contribution in [-0.2, 0) is 4.74 Å². The minimum Gasteiger partial charge on any atom is -0.478 e. The van der Waals surface area contributed by atoms with Crippen molar-refractivity contribution in [2.24, 2.45) is 5.92 Å². The molecule has 132 valence electrons. The number of hydrogen-bond donors (Lipinski definition) is 0. The minimum absolute atomic E-state index is 0.0167. The number of fused-ring (bicyclic) bond motifs is 3. The van der Waals surface area contributed by atoms with Crippen molar-refractivity contribution in [3.05, 3.63) is 36.5 Å². The largest absolute Gasteiger partial charge is 0.478 e. The predicted octanol–water partition coefficient (Wildman–Crippen LogP) is 1.06. The smallest absolute Gasteiger partial charge is 0.289 e. The zero-order valence-corrected chi connectivity index (χ0v) is 14.0. The molecule has 0 radical (unpaired) electrons. The number of methoxy groups -OCH3 is 1. The monoisotopic (exact) mass is 344 g/mol. The molecule has 8 heteroatoms. The average Bonchev–Trinajstić information content (AvgIpc) is 3.01. The number of furan rings is 1. The highest BCUT2D eigenvalue weighted by molar-refractivity contribution is 5.91. The predicted molar refractivity (Wildman–Crippen MR) is 88.6 cm³/mol. The molecule has 2 aliphatic heterocycles. The third-order valence-corrected chi connectivity index (χ3v) is 4.60. The fourth-order valence-electron chi connectivity index (χ4n) is 3.48. The number of carbonyl (C=O) groups is 1. The molecule has 2 saturated heterocycles. The fourth-order valence-corrected chi connectivity index (χ4v) is 3.48. The van der Waals surface area contributed by atoms with Gasteiger partial charge in [-0.3, -0.25) is 4.79 Å². The van der Waals surface area contributed by atoms with E-state index in [-0.39, 0.29) is 17.9 Å². The maximum Gasteiger partial charge on any atom is 0.289 e. The third-order valence-electron chi connectivity index (χ3n) is 4.60. The lowest BCUT2D eigenvalue weighted by Gasteiger charge is -2.31. The van der Waals surface area contributed by atoms with Crippen LogP contribution in [0.25, 0.3) is 0 Å². The van der Waals surface area contributed by atoms with Crippen LogP contribution < -0.4 is 9.64 Å². The molecule has 8 nitrogen and oxygen atoms in total. The highest BCUT2D eigenvalue weighted by atomic mass is 16.5. The Morgan fingerprint density at radius 1 is 1.24 bits per heavy atom. The molecule has 25 heavy (non-hydrogen) atoms. The normalized spacial score (nSPS) is 23.2. The van der Waals surface area contributed by atoms with Crippen LogP contribution in [0, 0.1) is 5.92 Å². The van der Waals surface area contributed by atoms with Crippen molar-refractivity contribution in [1.29, 1.82) is 0 Å². The Bertz CT molecular complexity index is 736. The summed E-state index contributed by atoms with van der Waals surface area (Å²) in [6, 6.07) is 3.41. The van der Waals surface area contributed by atoms with E-state index in [1.165, 1.54) is 6.26 Å². The molecule has 1 amide bonds. The van der Waals surface area contributed by atoms with Crippen LogP contribution in [0.5, 0.6) is 5.88 Å². The van der Waals surface area contributed by atoms with Crippen LogP contribution in [0.3, 0.4) is 0 Å². The zero-order valence-electron chi connectivity index (χ0n) is 14.0. The van der Waals surface area contributed by atoms with Crippen LogP contribution >= 0.6 is 0 Å². The minimum atomic E-state index is -0.0881. The average molecular weight is 344 g/mol. The highest BCUT2D eigenvalue weighted by Crippen LogP contribution is 2.30. The van der Waals surface area contributed by atoms with E-state index in [4.69, 9.17) is 13.9 Å². The first-order valence-electron chi connectivity index (χ1n) is 8.28. The van der Waals surface area contributed by atoms with Crippen molar-refractivity contribution in [1.82, 2.24) is 14.9 Å². The second-order valence-electron chi connectivity index (χ2n) is 6.29. The van der Waals surface area contributed by atoms with Gasteiger partial charge in [0.1, 0.15) is 0 Å². The molecular weight excluding hydrogens is 324 g/mol. The Labute approximate surface area is 145 Å². The first-order chi connectivity index (χ1) is 12.3. The van der Waals surface area contributed by atoms with E-state index in [0.29, 0.717) is 43.8 Å². The van der Waals surface area contributed by atoms with Gasteiger partial charge in [-0.2, -0.15) is 0 Å². The van der Waals surface area contributed by atoms with E-state index in [0.717, 1.165) is 6.54 Å². The van der Waals surface area contributed by atoms with E-state index >= 15 is 0 Å². The Morgan fingerprint density at radius 3 is 2.92 bits per heavy atom. The maximum absolute atomic E-state index is 12.7. The molecule has 2 bridgehead atoms. The number of nitrogens with zero attached hydrogens (tertiary/aromatic N) is 4. The van der Waals surface area contributed by atoms with Gasteiger partial charge in [0.05, 0.1) is 32.6 Å². The lowest BCUT2D eigenvalue weighted by molar-refractivity contribution is 0.0475. The first kappa shape index (κ1) is 15.9. The number of carbonyl (C=O) groups excluding carboxylic acids is 1. The van der Waals surface area contributed by atoms with Gasteiger partial charge in [-0.05, 0) is 12.1 Å². The summed E-state index contributed by atoms with van der Waals surface area (Å²) in [6.45, 7) is 3.03. The summed E-state index contributed by atoms with van der Waals surface area (Å²) in [5, 5.41) is 0. The molecular formula is C17H20N4O4. The van der Waals surface area contributed by atoms with Gasteiger partial charge in [-0.25, -0.2) is 9.97 Å². The molecule has 0 aliphatic carbocycles. The van der Waals surface area contributed by atoms with Gasteiger partial charge < -0.3 is 23.7 Å². The van der Waals surface area contributed by atoms with Gasteiger partial charge in [0.2, 0.25) is 0 Å². The van der Waals surface area contributed by atoms with Crippen molar-refractivity contribution in [2.45, 2.75) is 6.04 Å². The second kappa shape index (κ2) is 6.72. The van der Waals surface area contributed by atoms with Crippen molar-refractivity contribution < 1.29 is 18.7 Å². The molecule has 0 N–H and O–H groups in total. The fraction of sp³-hybridized carbons (Fsp3) is 0.471. The highest BCUT2D eigenvalue weighted by Gasteiger charge is 2.37.